The van der Waals surface area contributed by atoms with Crippen molar-refractivity contribution >= 4 is 17.7 Å². The van der Waals surface area contributed by atoms with Gasteiger partial charge in [-0.15, -0.1) is 0 Å². The summed E-state index contributed by atoms with van der Waals surface area (Å²) >= 11 is 0. The summed E-state index contributed by atoms with van der Waals surface area (Å²) in [5.41, 5.74) is 7.32. The van der Waals surface area contributed by atoms with Gasteiger partial charge in [-0.1, -0.05) is 18.2 Å². The maximum atomic E-state index is 12.5. The Labute approximate surface area is 157 Å². The second kappa shape index (κ2) is 7.59. The van der Waals surface area contributed by atoms with Gasteiger partial charge in [0.1, 0.15) is 5.75 Å². The Bertz CT molecular complexity index is 875. The van der Waals surface area contributed by atoms with Gasteiger partial charge in [0.15, 0.2) is 0 Å². The van der Waals surface area contributed by atoms with Gasteiger partial charge in [-0.05, 0) is 36.8 Å². The van der Waals surface area contributed by atoms with Crippen molar-refractivity contribution in [2.45, 2.75) is 19.5 Å². The number of carbonyl (C=O) groups excluding carboxylic acids is 3. The SMILES string of the molecule is COc1ccc(CN2C(=O)c3ccccc3C2=O)cc1C(=O)N[C@@H](C)CN. The van der Waals surface area contributed by atoms with Gasteiger partial charge in [-0.3, -0.25) is 19.3 Å². The second-order valence-electron chi connectivity index (χ2n) is 6.39. The van der Waals surface area contributed by atoms with E-state index in [1.54, 1.807) is 49.4 Å². The fourth-order valence-electron chi connectivity index (χ4n) is 2.96. The van der Waals surface area contributed by atoms with E-state index in [2.05, 4.69) is 5.32 Å². The van der Waals surface area contributed by atoms with Crippen LogP contribution in [0.4, 0.5) is 0 Å². The van der Waals surface area contributed by atoms with Gasteiger partial charge in [0.05, 0.1) is 30.3 Å². The predicted octanol–water partition coefficient (Wildman–Crippen LogP) is 1.57. The summed E-state index contributed by atoms with van der Waals surface area (Å²) in [7, 11) is 1.47. The first-order valence-electron chi connectivity index (χ1n) is 8.59. The minimum atomic E-state index is -0.339. The lowest BCUT2D eigenvalue weighted by Gasteiger charge is -2.17. The van der Waals surface area contributed by atoms with E-state index in [1.165, 1.54) is 12.0 Å². The first-order chi connectivity index (χ1) is 13.0. The summed E-state index contributed by atoms with van der Waals surface area (Å²) in [4.78, 5) is 38.7. The summed E-state index contributed by atoms with van der Waals surface area (Å²) in [6, 6.07) is 11.5. The molecule has 3 rings (SSSR count). The first kappa shape index (κ1) is 18.6. The molecule has 2 aromatic rings. The van der Waals surface area contributed by atoms with Gasteiger partial charge in [0.2, 0.25) is 0 Å². The number of fused-ring (bicyclic) bond motifs is 1. The summed E-state index contributed by atoms with van der Waals surface area (Å²) in [6.45, 7) is 2.18. The zero-order valence-corrected chi connectivity index (χ0v) is 15.2. The Balaban J connectivity index is 1.86. The van der Waals surface area contributed by atoms with E-state index in [1.807, 2.05) is 0 Å². The van der Waals surface area contributed by atoms with E-state index in [0.717, 1.165) is 0 Å². The molecule has 2 aromatic carbocycles. The van der Waals surface area contributed by atoms with Crippen LogP contribution in [0.5, 0.6) is 5.75 Å². The monoisotopic (exact) mass is 367 g/mol. The van der Waals surface area contributed by atoms with Gasteiger partial charge in [-0.2, -0.15) is 0 Å². The Morgan fingerprint density at radius 3 is 2.33 bits per heavy atom. The molecule has 3 amide bonds. The second-order valence-corrected chi connectivity index (χ2v) is 6.39. The van der Waals surface area contributed by atoms with E-state index >= 15 is 0 Å². The van der Waals surface area contributed by atoms with Gasteiger partial charge < -0.3 is 15.8 Å². The van der Waals surface area contributed by atoms with E-state index in [-0.39, 0.29) is 30.3 Å². The molecule has 3 N–H and O–H groups in total. The van der Waals surface area contributed by atoms with Crippen molar-refractivity contribution in [2.24, 2.45) is 5.73 Å². The molecule has 1 heterocycles. The molecule has 0 radical (unpaired) electrons. The van der Waals surface area contributed by atoms with Gasteiger partial charge >= 0.3 is 0 Å². The molecule has 1 aliphatic rings. The molecule has 140 valence electrons. The van der Waals surface area contributed by atoms with Crippen LogP contribution in [0.3, 0.4) is 0 Å². The Kier molecular flexibility index (Phi) is 5.23. The number of ether oxygens (including phenoxy) is 1. The van der Waals surface area contributed by atoms with Crippen molar-refractivity contribution in [3.63, 3.8) is 0 Å². The fourth-order valence-corrected chi connectivity index (χ4v) is 2.96. The molecule has 27 heavy (non-hydrogen) atoms. The molecule has 7 heteroatoms. The van der Waals surface area contributed by atoms with Crippen LogP contribution in [0.2, 0.25) is 0 Å². The zero-order valence-electron chi connectivity index (χ0n) is 15.2. The van der Waals surface area contributed by atoms with Crippen LogP contribution < -0.4 is 15.8 Å². The van der Waals surface area contributed by atoms with Crippen molar-refractivity contribution in [2.75, 3.05) is 13.7 Å². The average molecular weight is 367 g/mol. The number of amides is 3. The number of hydrogen-bond acceptors (Lipinski definition) is 5. The van der Waals surface area contributed by atoms with Gasteiger partial charge in [0, 0.05) is 12.6 Å². The molecule has 0 aromatic heterocycles. The summed E-state index contributed by atoms with van der Waals surface area (Å²) in [5.74, 6) is -0.597. The van der Waals surface area contributed by atoms with Crippen LogP contribution in [0, 0.1) is 0 Å². The topological polar surface area (TPSA) is 102 Å². The molecule has 0 saturated heterocycles. The molecule has 1 atom stereocenters. The predicted molar refractivity (Wildman–Crippen MR) is 99.6 cm³/mol. The molecule has 0 fully saturated rings. The number of nitrogens with zero attached hydrogens (tertiary/aromatic N) is 1. The molecule has 1 aliphatic heterocycles. The minimum absolute atomic E-state index is 0.0725. The van der Waals surface area contributed by atoms with E-state index in [0.29, 0.717) is 34.5 Å². The third kappa shape index (κ3) is 3.54. The number of nitrogens with two attached hydrogens (primary N) is 1. The highest BCUT2D eigenvalue weighted by Crippen LogP contribution is 2.26. The summed E-state index contributed by atoms with van der Waals surface area (Å²) < 4.78 is 5.26. The summed E-state index contributed by atoms with van der Waals surface area (Å²) in [5, 5.41) is 2.78. The largest absolute Gasteiger partial charge is 0.496 e. The lowest BCUT2D eigenvalue weighted by Crippen LogP contribution is -2.38. The number of hydrogen-bond donors (Lipinski definition) is 2. The van der Waals surface area contributed by atoms with Crippen LogP contribution in [0.1, 0.15) is 43.6 Å². The molecular weight excluding hydrogens is 346 g/mol. The number of benzene rings is 2. The first-order valence-corrected chi connectivity index (χ1v) is 8.59. The Hall–Kier alpha value is -3.19. The lowest BCUT2D eigenvalue weighted by atomic mass is 10.1. The highest BCUT2D eigenvalue weighted by molar-refractivity contribution is 6.21. The Morgan fingerprint density at radius 1 is 1.15 bits per heavy atom. The molecule has 0 spiro atoms. The standard InChI is InChI=1S/C20H21N3O4/c1-12(10-21)22-18(24)16-9-13(7-8-17(16)27-2)11-23-19(25)14-5-3-4-6-15(14)20(23)26/h3-9,12H,10-11,21H2,1-2H3,(H,22,24)/t12-/m0/s1. The molecule has 7 nitrogen and oxygen atoms in total. The van der Waals surface area contributed by atoms with Crippen molar-refractivity contribution in [3.8, 4) is 5.75 Å². The number of nitrogens with one attached hydrogen (secondary N) is 1. The third-order valence-electron chi connectivity index (χ3n) is 4.46. The number of rotatable bonds is 6. The van der Waals surface area contributed by atoms with E-state index in [4.69, 9.17) is 10.5 Å². The van der Waals surface area contributed by atoms with Crippen LogP contribution in [0.15, 0.2) is 42.5 Å². The molecular formula is C20H21N3O4. The van der Waals surface area contributed by atoms with Gasteiger partial charge in [-0.25, -0.2) is 0 Å². The van der Waals surface area contributed by atoms with E-state index < -0.39 is 0 Å². The molecule has 0 aliphatic carbocycles. The smallest absolute Gasteiger partial charge is 0.261 e. The van der Waals surface area contributed by atoms with Crippen LogP contribution >= 0.6 is 0 Å². The number of imide groups is 1. The average Bonchev–Trinajstić information content (AvgIpc) is 2.93. The highest BCUT2D eigenvalue weighted by Gasteiger charge is 2.35. The van der Waals surface area contributed by atoms with Crippen molar-refractivity contribution in [3.05, 3.63) is 64.7 Å². The normalized spacial score (nSPS) is 14.1. The fraction of sp³-hybridized carbons (Fsp3) is 0.250. The summed E-state index contributed by atoms with van der Waals surface area (Å²) in [6.07, 6.45) is 0. The molecule has 0 unspecified atom stereocenters. The van der Waals surface area contributed by atoms with Crippen LogP contribution in [-0.2, 0) is 6.54 Å². The maximum Gasteiger partial charge on any atom is 0.261 e. The highest BCUT2D eigenvalue weighted by atomic mass is 16.5. The molecule has 0 saturated carbocycles. The maximum absolute atomic E-state index is 12.5. The van der Waals surface area contributed by atoms with Crippen molar-refractivity contribution in [1.29, 1.82) is 0 Å². The number of carbonyl (C=O) groups is 3. The van der Waals surface area contributed by atoms with Crippen LogP contribution in [0.25, 0.3) is 0 Å². The lowest BCUT2D eigenvalue weighted by molar-refractivity contribution is 0.0642. The quantitative estimate of drug-likeness (QED) is 0.755. The van der Waals surface area contributed by atoms with Crippen molar-refractivity contribution in [1.82, 2.24) is 10.2 Å². The number of methoxy groups -OCH3 is 1. The van der Waals surface area contributed by atoms with Crippen LogP contribution in [-0.4, -0.2) is 42.3 Å². The van der Waals surface area contributed by atoms with Gasteiger partial charge in [0.25, 0.3) is 17.7 Å². The van der Waals surface area contributed by atoms with Crippen molar-refractivity contribution < 1.29 is 19.1 Å². The third-order valence-corrected chi connectivity index (χ3v) is 4.46. The van der Waals surface area contributed by atoms with E-state index in [9.17, 15) is 14.4 Å². The minimum Gasteiger partial charge on any atom is -0.496 e. The zero-order chi connectivity index (χ0) is 19.6. The Morgan fingerprint density at radius 2 is 1.78 bits per heavy atom. The molecule has 0 bridgehead atoms.